The Kier molecular flexibility index (Phi) is 5.06. The number of aromatic hydroxyl groups is 6. The number of allylic oxidation sites excluding steroid dienone is 1. The van der Waals surface area contributed by atoms with Gasteiger partial charge in [0.1, 0.15) is 34.5 Å². The van der Waals surface area contributed by atoms with Crippen LogP contribution in [0.5, 0.6) is 34.5 Å². The Morgan fingerprint density at radius 3 is 1.68 bits per heavy atom. The first-order chi connectivity index (χ1) is 16.3. The minimum absolute atomic E-state index is 0.100. The van der Waals surface area contributed by atoms with Crippen LogP contribution in [0.25, 0.3) is 11.6 Å². The first kappa shape index (κ1) is 21.3. The first-order valence-electron chi connectivity index (χ1n) is 10.7. The second-order valence-corrected chi connectivity index (χ2v) is 8.45. The molecule has 0 aromatic heterocycles. The summed E-state index contributed by atoms with van der Waals surface area (Å²) in [7, 11) is 0. The van der Waals surface area contributed by atoms with Crippen LogP contribution in [0, 0.1) is 0 Å². The van der Waals surface area contributed by atoms with Gasteiger partial charge in [-0.1, -0.05) is 30.3 Å². The summed E-state index contributed by atoms with van der Waals surface area (Å²) in [5.41, 5.74) is 4.15. The van der Waals surface area contributed by atoms with Crippen molar-refractivity contribution >= 4 is 11.6 Å². The SMILES string of the molecule is Oc1ccc(/C=C2\c3cc(O)cc(O)c3C(c3cc(O)cc(O)c3)C2c2ccc(O)cc2)cc1. The van der Waals surface area contributed by atoms with Crippen LogP contribution in [0.2, 0.25) is 0 Å². The van der Waals surface area contributed by atoms with Crippen LogP contribution in [0.15, 0.2) is 78.9 Å². The first-order valence-corrected chi connectivity index (χ1v) is 10.7. The Labute approximate surface area is 195 Å². The van der Waals surface area contributed by atoms with E-state index in [0.29, 0.717) is 16.7 Å². The van der Waals surface area contributed by atoms with E-state index in [1.165, 1.54) is 24.3 Å². The van der Waals surface area contributed by atoms with Crippen molar-refractivity contribution in [2.45, 2.75) is 11.8 Å². The van der Waals surface area contributed by atoms with Crippen LogP contribution < -0.4 is 0 Å². The van der Waals surface area contributed by atoms with Crippen molar-refractivity contribution in [3.05, 3.63) is 107 Å². The van der Waals surface area contributed by atoms with Crippen LogP contribution in [0.1, 0.15) is 39.7 Å². The molecule has 0 amide bonds. The number of rotatable bonds is 3. The maximum atomic E-state index is 10.9. The highest BCUT2D eigenvalue weighted by Crippen LogP contribution is 2.58. The van der Waals surface area contributed by atoms with Gasteiger partial charge in [0.25, 0.3) is 0 Å². The van der Waals surface area contributed by atoms with Crippen LogP contribution >= 0.6 is 0 Å². The van der Waals surface area contributed by atoms with Crippen LogP contribution in [0.4, 0.5) is 0 Å². The lowest BCUT2D eigenvalue weighted by molar-refractivity contribution is 0.440. The maximum Gasteiger partial charge on any atom is 0.123 e. The molecule has 0 spiro atoms. The fourth-order valence-electron chi connectivity index (χ4n) is 4.83. The molecule has 6 N–H and O–H groups in total. The molecule has 0 fully saturated rings. The predicted octanol–water partition coefficient (Wildman–Crippen LogP) is 5.39. The zero-order valence-corrected chi connectivity index (χ0v) is 17.9. The van der Waals surface area contributed by atoms with Gasteiger partial charge in [-0.25, -0.2) is 0 Å². The van der Waals surface area contributed by atoms with Crippen molar-refractivity contribution in [2.75, 3.05) is 0 Å². The van der Waals surface area contributed by atoms with Gasteiger partial charge >= 0.3 is 0 Å². The largest absolute Gasteiger partial charge is 0.508 e. The molecular weight excluding hydrogens is 432 g/mol. The van der Waals surface area contributed by atoms with Gasteiger partial charge in [0.2, 0.25) is 0 Å². The third-order valence-corrected chi connectivity index (χ3v) is 6.18. The van der Waals surface area contributed by atoms with Crippen LogP contribution in [0.3, 0.4) is 0 Å². The number of hydrogen-bond acceptors (Lipinski definition) is 6. The summed E-state index contributed by atoms with van der Waals surface area (Å²) in [5, 5.41) is 61.2. The average Bonchev–Trinajstić information content (AvgIpc) is 3.09. The van der Waals surface area contributed by atoms with Gasteiger partial charge in [0.05, 0.1) is 0 Å². The molecule has 4 aromatic rings. The highest BCUT2D eigenvalue weighted by atomic mass is 16.3. The average molecular weight is 454 g/mol. The molecule has 0 saturated heterocycles. The maximum absolute atomic E-state index is 10.9. The van der Waals surface area contributed by atoms with Crippen molar-refractivity contribution in [1.29, 1.82) is 0 Å². The summed E-state index contributed by atoms with van der Waals surface area (Å²) in [6, 6.07) is 20.5. The molecule has 0 aliphatic heterocycles. The van der Waals surface area contributed by atoms with Crippen molar-refractivity contribution in [2.24, 2.45) is 0 Å². The van der Waals surface area contributed by atoms with E-state index in [1.807, 2.05) is 6.08 Å². The minimum Gasteiger partial charge on any atom is -0.508 e. The fraction of sp³-hybridized carbons (Fsp3) is 0.0714. The highest BCUT2D eigenvalue weighted by Gasteiger charge is 2.41. The highest BCUT2D eigenvalue weighted by molar-refractivity contribution is 5.93. The second-order valence-electron chi connectivity index (χ2n) is 8.45. The smallest absolute Gasteiger partial charge is 0.123 e. The molecule has 2 atom stereocenters. The normalized spacial score (nSPS) is 18.2. The molecule has 6 heteroatoms. The fourth-order valence-corrected chi connectivity index (χ4v) is 4.83. The number of benzene rings is 4. The number of hydrogen-bond donors (Lipinski definition) is 6. The monoisotopic (exact) mass is 454 g/mol. The Bertz CT molecular complexity index is 1380. The Hall–Kier alpha value is -4.58. The van der Waals surface area contributed by atoms with Gasteiger partial charge < -0.3 is 30.6 Å². The summed E-state index contributed by atoms with van der Waals surface area (Å²) in [5.74, 6) is -1.11. The zero-order valence-electron chi connectivity index (χ0n) is 17.9. The third-order valence-electron chi connectivity index (χ3n) is 6.18. The van der Waals surface area contributed by atoms with Crippen molar-refractivity contribution in [3.8, 4) is 34.5 Å². The van der Waals surface area contributed by atoms with Crippen LogP contribution in [-0.4, -0.2) is 30.6 Å². The number of phenols is 6. The van der Waals surface area contributed by atoms with E-state index in [9.17, 15) is 30.6 Å². The molecule has 4 aromatic carbocycles. The Morgan fingerprint density at radius 1 is 0.500 bits per heavy atom. The van der Waals surface area contributed by atoms with Gasteiger partial charge in [-0.05, 0) is 70.3 Å². The van der Waals surface area contributed by atoms with Crippen LogP contribution in [-0.2, 0) is 0 Å². The molecule has 1 aliphatic rings. The van der Waals surface area contributed by atoms with E-state index in [0.717, 1.165) is 16.7 Å². The summed E-state index contributed by atoms with van der Waals surface area (Å²) in [4.78, 5) is 0. The molecule has 5 rings (SSSR count). The van der Waals surface area contributed by atoms with Gasteiger partial charge in [-0.15, -0.1) is 0 Å². The third kappa shape index (κ3) is 3.75. The lowest BCUT2D eigenvalue weighted by Crippen LogP contribution is -2.08. The summed E-state index contributed by atoms with van der Waals surface area (Å²) in [6.07, 6.45) is 1.91. The lowest BCUT2D eigenvalue weighted by atomic mass is 9.79. The number of fused-ring (bicyclic) bond motifs is 1. The Balaban J connectivity index is 1.82. The van der Waals surface area contributed by atoms with E-state index in [-0.39, 0.29) is 34.5 Å². The van der Waals surface area contributed by atoms with Gasteiger partial charge in [0.15, 0.2) is 0 Å². The summed E-state index contributed by atoms with van der Waals surface area (Å²) >= 11 is 0. The van der Waals surface area contributed by atoms with Crippen molar-refractivity contribution in [3.63, 3.8) is 0 Å². The van der Waals surface area contributed by atoms with Crippen molar-refractivity contribution < 1.29 is 30.6 Å². The van der Waals surface area contributed by atoms with E-state index in [2.05, 4.69) is 0 Å². The topological polar surface area (TPSA) is 121 Å². The summed E-state index contributed by atoms with van der Waals surface area (Å²) in [6.45, 7) is 0. The van der Waals surface area contributed by atoms with Gasteiger partial charge in [-0.3, -0.25) is 0 Å². The molecule has 34 heavy (non-hydrogen) atoms. The Morgan fingerprint density at radius 2 is 1.06 bits per heavy atom. The van der Waals surface area contributed by atoms with E-state index in [1.54, 1.807) is 54.6 Å². The molecule has 0 radical (unpaired) electrons. The van der Waals surface area contributed by atoms with E-state index >= 15 is 0 Å². The van der Waals surface area contributed by atoms with Gasteiger partial charge in [0, 0.05) is 29.5 Å². The quantitative estimate of drug-likeness (QED) is 0.247. The molecule has 170 valence electrons. The molecule has 0 saturated carbocycles. The van der Waals surface area contributed by atoms with Crippen molar-refractivity contribution in [1.82, 2.24) is 0 Å². The summed E-state index contributed by atoms with van der Waals surface area (Å²) < 4.78 is 0. The molecule has 6 nitrogen and oxygen atoms in total. The minimum atomic E-state index is -0.512. The second kappa shape index (κ2) is 8.08. The molecule has 2 unspecified atom stereocenters. The molecule has 0 bridgehead atoms. The molecular formula is C28H22O6. The zero-order chi connectivity index (χ0) is 24.0. The van der Waals surface area contributed by atoms with E-state index in [4.69, 9.17) is 0 Å². The van der Waals surface area contributed by atoms with E-state index < -0.39 is 11.8 Å². The molecule has 1 aliphatic carbocycles. The predicted molar refractivity (Wildman–Crippen MR) is 128 cm³/mol. The number of phenolic OH excluding ortho intramolecular Hbond substituents is 6. The molecule has 0 heterocycles. The van der Waals surface area contributed by atoms with Gasteiger partial charge in [-0.2, -0.15) is 0 Å². The lowest BCUT2D eigenvalue weighted by Gasteiger charge is -2.23. The standard InChI is InChI=1S/C28H22O6/c29-18-5-1-15(2-6-18)9-23-24-13-22(33)14-25(34)28(24)27(17-10-20(31)12-21(32)11-17)26(23)16-3-7-19(30)8-4-16/h1-14,26-27,29-34H/b23-9+.